The summed E-state index contributed by atoms with van der Waals surface area (Å²) in [6, 6.07) is 23.1. The van der Waals surface area contributed by atoms with Crippen LogP contribution >= 0.6 is 15.9 Å². The number of carbonyl (C=O) groups is 1. The van der Waals surface area contributed by atoms with Crippen molar-refractivity contribution in [3.8, 4) is 5.75 Å². The molecule has 0 saturated heterocycles. The van der Waals surface area contributed by atoms with E-state index in [1.54, 1.807) is 19.1 Å². The zero-order valence-corrected chi connectivity index (χ0v) is 18.2. The fourth-order valence-corrected chi connectivity index (χ4v) is 4.35. The van der Waals surface area contributed by atoms with Gasteiger partial charge < -0.3 is 15.2 Å². The molecule has 1 aliphatic rings. The number of nitrogens with zero attached hydrogens (tertiary/aromatic N) is 1. The van der Waals surface area contributed by atoms with E-state index in [9.17, 15) is 9.90 Å². The normalized spacial score (nSPS) is 18.3. The van der Waals surface area contributed by atoms with E-state index in [1.807, 2.05) is 47.4 Å². The van der Waals surface area contributed by atoms with Crippen molar-refractivity contribution in [2.45, 2.75) is 19.1 Å². The Hall–Kier alpha value is -2.83. The van der Waals surface area contributed by atoms with E-state index < -0.39 is 6.17 Å². The number of fused-ring (bicyclic) bond motifs is 1. The number of benzene rings is 3. The second-order valence-electron chi connectivity index (χ2n) is 7.13. The molecule has 0 aromatic heterocycles. The van der Waals surface area contributed by atoms with Crippen LogP contribution in [0.5, 0.6) is 5.75 Å². The van der Waals surface area contributed by atoms with Gasteiger partial charge in [0.1, 0.15) is 11.9 Å². The predicted molar refractivity (Wildman–Crippen MR) is 120 cm³/mol. The third kappa shape index (κ3) is 4.06. The van der Waals surface area contributed by atoms with Crippen LogP contribution < -0.4 is 5.32 Å². The summed E-state index contributed by atoms with van der Waals surface area (Å²) >= 11 is 3.58. The summed E-state index contributed by atoms with van der Waals surface area (Å²) in [4.78, 5) is 14.6. The van der Waals surface area contributed by atoms with Gasteiger partial charge in [-0.2, -0.15) is 0 Å². The molecule has 30 heavy (non-hydrogen) atoms. The number of aromatic hydroxyl groups is 1. The van der Waals surface area contributed by atoms with Gasteiger partial charge in [-0.25, -0.2) is 0 Å². The SMILES string of the molecule is CCOC(=O)CN1[C@@H](c2ccccc2)c2cc(Br)ccc2N[C@@H]1c1ccccc1O. The van der Waals surface area contributed by atoms with Crippen molar-refractivity contribution in [1.29, 1.82) is 0 Å². The lowest BCUT2D eigenvalue weighted by Gasteiger charge is -2.44. The van der Waals surface area contributed by atoms with Gasteiger partial charge >= 0.3 is 5.97 Å². The molecule has 3 aromatic carbocycles. The van der Waals surface area contributed by atoms with Crippen molar-refractivity contribution >= 4 is 27.6 Å². The van der Waals surface area contributed by atoms with Crippen molar-refractivity contribution in [3.63, 3.8) is 0 Å². The molecule has 2 N–H and O–H groups in total. The number of esters is 1. The van der Waals surface area contributed by atoms with Gasteiger partial charge in [0.05, 0.1) is 19.2 Å². The zero-order valence-electron chi connectivity index (χ0n) is 16.6. The molecule has 4 rings (SSSR count). The lowest BCUT2D eigenvalue weighted by atomic mass is 9.91. The maximum Gasteiger partial charge on any atom is 0.320 e. The highest BCUT2D eigenvalue weighted by Gasteiger charge is 2.38. The molecule has 0 spiro atoms. The van der Waals surface area contributed by atoms with Crippen LogP contribution in [-0.2, 0) is 9.53 Å². The quantitative estimate of drug-likeness (QED) is 0.503. The molecule has 0 unspecified atom stereocenters. The van der Waals surface area contributed by atoms with Crippen molar-refractivity contribution in [3.05, 3.63) is 94.0 Å². The summed E-state index contributed by atoms with van der Waals surface area (Å²) < 4.78 is 6.23. The van der Waals surface area contributed by atoms with Gasteiger partial charge in [0.2, 0.25) is 0 Å². The van der Waals surface area contributed by atoms with Gasteiger partial charge in [0.25, 0.3) is 0 Å². The van der Waals surface area contributed by atoms with Crippen LogP contribution in [0, 0.1) is 0 Å². The molecule has 0 bridgehead atoms. The highest BCUT2D eigenvalue weighted by molar-refractivity contribution is 9.10. The first-order valence-corrected chi connectivity index (χ1v) is 10.7. The second kappa shape index (κ2) is 8.90. The smallest absolute Gasteiger partial charge is 0.320 e. The number of phenols is 1. The fourth-order valence-electron chi connectivity index (χ4n) is 3.97. The van der Waals surface area contributed by atoms with E-state index in [0.29, 0.717) is 12.2 Å². The van der Waals surface area contributed by atoms with Crippen LogP contribution in [0.1, 0.15) is 35.8 Å². The molecule has 5 nitrogen and oxygen atoms in total. The highest BCUT2D eigenvalue weighted by Crippen LogP contribution is 2.45. The lowest BCUT2D eigenvalue weighted by Crippen LogP contribution is -2.44. The van der Waals surface area contributed by atoms with E-state index in [-0.39, 0.29) is 24.3 Å². The average Bonchev–Trinajstić information content (AvgIpc) is 2.74. The number of rotatable bonds is 5. The number of hydrogen-bond donors (Lipinski definition) is 2. The average molecular weight is 467 g/mol. The summed E-state index contributed by atoms with van der Waals surface area (Å²) in [5.41, 5.74) is 3.77. The molecule has 0 aliphatic carbocycles. The molecule has 1 heterocycles. The molecule has 6 heteroatoms. The number of hydrogen-bond acceptors (Lipinski definition) is 5. The summed E-state index contributed by atoms with van der Waals surface area (Å²) in [7, 11) is 0. The monoisotopic (exact) mass is 466 g/mol. The van der Waals surface area contributed by atoms with Gasteiger partial charge in [-0.3, -0.25) is 9.69 Å². The molecule has 0 saturated carbocycles. The summed E-state index contributed by atoms with van der Waals surface area (Å²) in [5, 5.41) is 14.1. The van der Waals surface area contributed by atoms with Gasteiger partial charge in [-0.05, 0) is 42.3 Å². The molecule has 0 radical (unpaired) electrons. The molecular formula is C24H23BrN2O3. The first-order valence-electron chi connectivity index (χ1n) is 9.88. The Kier molecular flexibility index (Phi) is 6.06. The van der Waals surface area contributed by atoms with Crippen LogP contribution in [0.25, 0.3) is 0 Å². The van der Waals surface area contributed by atoms with Crippen molar-refractivity contribution in [1.82, 2.24) is 4.90 Å². The number of ether oxygens (including phenoxy) is 1. The number of phenolic OH excluding ortho intramolecular Hbond substituents is 1. The molecule has 1 aliphatic heterocycles. The molecule has 0 amide bonds. The fraction of sp³-hybridized carbons (Fsp3) is 0.208. The first kappa shape index (κ1) is 20.4. The molecular weight excluding hydrogens is 444 g/mol. The second-order valence-corrected chi connectivity index (χ2v) is 8.04. The molecule has 3 aromatic rings. The molecule has 2 atom stereocenters. The van der Waals surface area contributed by atoms with Crippen molar-refractivity contribution in [2.24, 2.45) is 0 Å². The van der Waals surface area contributed by atoms with Crippen LogP contribution in [0.15, 0.2) is 77.3 Å². The van der Waals surface area contributed by atoms with E-state index in [1.165, 1.54) is 0 Å². The van der Waals surface area contributed by atoms with E-state index >= 15 is 0 Å². The van der Waals surface area contributed by atoms with Gasteiger partial charge in [-0.15, -0.1) is 0 Å². The topological polar surface area (TPSA) is 61.8 Å². The highest BCUT2D eigenvalue weighted by atomic mass is 79.9. The maximum atomic E-state index is 12.6. The number of anilines is 1. The van der Waals surface area contributed by atoms with Crippen LogP contribution in [0.3, 0.4) is 0 Å². The third-order valence-corrected chi connectivity index (χ3v) is 5.72. The molecule has 154 valence electrons. The zero-order chi connectivity index (χ0) is 21.1. The largest absolute Gasteiger partial charge is 0.508 e. The minimum atomic E-state index is -0.408. The lowest BCUT2D eigenvalue weighted by molar-refractivity contribution is -0.145. The van der Waals surface area contributed by atoms with Gasteiger partial charge in [0, 0.05) is 15.7 Å². The van der Waals surface area contributed by atoms with Gasteiger partial charge in [0.15, 0.2) is 0 Å². The van der Waals surface area contributed by atoms with E-state index in [2.05, 4.69) is 39.4 Å². The van der Waals surface area contributed by atoms with Crippen LogP contribution in [0.4, 0.5) is 5.69 Å². The Morgan fingerprint density at radius 3 is 2.53 bits per heavy atom. The summed E-state index contributed by atoms with van der Waals surface area (Å²) in [6.07, 6.45) is -0.408. The van der Waals surface area contributed by atoms with Crippen LogP contribution in [0.2, 0.25) is 0 Å². The van der Waals surface area contributed by atoms with E-state index in [4.69, 9.17) is 4.74 Å². The molecule has 0 fully saturated rings. The Morgan fingerprint density at radius 1 is 1.07 bits per heavy atom. The summed E-state index contributed by atoms with van der Waals surface area (Å²) in [5.74, 6) is -0.129. The third-order valence-electron chi connectivity index (χ3n) is 5.23. The minimum absolute atomic E-state index is 0.0748. The van der Waals surface area contributed by atoms with Crippen molar-refractivity contribution < 1.29 is 14.6 Å². The first-order chi connectivity index (χ1) is 14.6. The van der Waals surface area contributed by atoms with E-state index in [0.717, 1.165) is 21.3 Å². The summed E-state index contributed by atoms with van der Waals surface area (Å²) in [6.45, 7) is 2.19. The number of para-hydroxylation sites is 1. The minimum Gasteiger partial charge on any atom is -0.508 e. The van der Waals surface area contributed by atoms with Gasteiger partial charge in [-0.1, -0.05) is 64.5 Å². The maximum absolute atomic E-state index is 12.6. The van der Waals surface area contributed by atoms with Crippen LogP contribution in [-0.4, -0.2) is 29.1 Å². The Balaban J connectivity index is 1.89. The Morgan fingerprint density at radius 2 is 1.80 bits per heavy atom. The number of halogens is 1. The number of carbonyl (C=O) groups excluding carboxylic acids is 1. The predicted octanol–water partition coefficient (Wildman–Crippen LogP) is 5.23. The Labute approximate surface area is 184 Å². The van der Waals surface area contributed by atoms with Crippen molar-refractivity contribution in [2.75, 3.05) is 18.5 Å². The Bertz CT molecular complexity index is 1040. The number of nitrogens with one attached hydrogen (secondary N) is 1. The standard InChI is InChI=1S/C24H23BrN2O3/c1-2-30-22(29)15-27-23(16-8-4-3-5-9-16)19-14-17(25)12-13-20(19)26-24(27)18-10-6-7-11-21(18)28/h3-14,23-24,26,28H,2,15H2,1H3/t23-,24-/m0/s1.